The van der Waals surface area contributed by atoms with E-state index in [0.717, 1.165) is 0 Å². The fourth-order valence-corrected chi connectivity index (χ4v) is 1.76. The first-order valence-corrected chi connectivity index (χ1v) is 6.36. The lowest BCUT2D eigenvalue weighted by molar-refractivity contribution is -0.123. The van der Waals surface area contributed by atoms with Crippen LogP contribution in [0, 0.1) is 5.82 Å². The van der Waals surface area contributed by atoms with Crippen LogP contribution in [0.3, 0.4) is 0 Å². The molecule has 1 heterocycles. The first kappa shape index (κ1) is 14.8. The summed E-state index contributed by atoms with van der Waals surface area (Å²) in [7, 11) is 1.70. The van der Waals surface area contributed by atoms with E-state index in [-0.39, 0.29) is 0 Å². The summed E-state index contributed by atoms with van der Waals surface area (Å²) in [5, 5.41) is 2.48. The van der Waals surface area contributed by atoms with Gasteiger partial charge in [-0.3, -0.25) is 4.79 Å². The lowest BCUT2D eigenvalue weighted by Crippen LogP contribution is -2.30. The molecule has 1 aromatic carbocycles. The number of esters is 1. The molecule has 6 heteroatoms. The van der Waals surface area contributed by atoms with E-state index in [1.807, 2.05) is 0 Å². The molecule has 0 aliphatic heterocycles. The second-order valence-corrected chi connectivity index (χ2v) is 4.55. The highest BCUT2D eigenvalue weighted by Gasteiger charge is 2.20. The summed E-state index contributed by atoms with van der Waals surface area (Å²) in [6, 6.07) is 8.78. The van der Waals surface area contributed by atoms with Crippen molar-refractivity contribution >= 4 is 17.6 Å². The Morgan fingerprint density at radius 2 is 2.05 bits per heavy atom. The molecule has 0 saturated carbocycles. The first-order chi connectivity index (χ1) is 9.97. The Bertz CT molecular complexity index is 666. The zero-order valence-corrected chi connectivity index (χ0v) is 11.7. The summed E-state index contributed by atoms with van der Waals surface area (Å²) < 4.78 is 19.7. The molecule has 5 nitrogen and oxygen atoms in total. The number of aryl methyl sites for hydroxylation is 1. The number of hydrogen-bond donors (Lipinski definition) is 1. The molecule has 0 aliphatic rings. The lowest BCUT2D eigenvalue weighted by atomic mass is 10.3. The minimum absolute atomic E-state index is 0.307. The average Bonchev–Trinajstić information content (AvgIpc) is 2.85. The summed E-state index contributed by atoms with van der Waals surface area (Å²) in [5.74, 6) is -1.58. The molecule has 0 radical (unpaired) electrons. The third-order valence-electron chi connectivity index (χ3n) is 2.90. The van der Waals surface area contributed by atoms with Crippen molar-refractivity contribution in [3.8, 4) is 0 Å². The van der Waals surface area contributed by atoms with Gasteiger partial charge in [0, 0.05) is 18.9 Å². The van der Waals surface area contributed by atoms with Crippen molar-refractivity contribution < 1.29 is 18.7 Å². The van der Waals surface area contributed by atoms with Gasteiger partial charge in [-0.05, 0) is 37.3 Å². The number of nitrogens with one attached hydrogen (secondary N) is 1. The number of carbonyl (C=O) groups is 2. The predicted octanol–water partition coefficient (Wildman–Crippen LogP) is 2.35. The maximum atomic E-state index is 13.0. The average molecular weight is 290 g/mol. The zero-order valence-electron chi connectivity index (χ0n) is 11.7. The Balaban J connectivity index is 1.97. The summed E-state index contributed by atoms with van der Waals surface area (Å²) in [4.78, 5) is 23.8. The van der Waals surface area contributed by atoms with Gasteiger partial charge in [0.15, 0.2) is 6.10 Å². The van der Waals surface area contributed by atoms with Gasteiger partial charge < -0.3 is 14.6 Å². The molecule has 1 N–H and O–H groups in total. The van der Waals surface area contributed by atoms with Gasteiger partial charge in [0.2, 0.25) is 0 Å². The van der Waals surface area contributed by atoms with Crippen molar-refractivity contribution in [2.45, 2.75) is 13.0 Å². The summed E-state index contributed by atoms with van der Waals surface area (Å²) >= 11 is 0. The highest BCUT2D eigenvalue weighted by atomic mass is 19.1. The lowest BCUT2D eigenvalue weighted by Gasteiger charge is -2.13. The first-order valence-electron chi connectivity index (χ1n) is 6.36. The molecule has 110 valence electrons. The fourth-order valence-electron chi connectivity index (χ4n) is 1.76. The number of ether oxygens (including phenoxy) is 1. The molecule has 2 rings (SSSR count). The van der Waals surface area contributed by atoms with E-state index in [1.54, 1.807) is 36.0 Å². The Hall–Kier alpha value is -2.63. The normalized spacial score (nSPS) is 11.8. The SMILES string of the molecule is C[C@H](OC(=O)c1cccn1C)C(=O)Nc1cccc(F)c1. The van der Waals surface area contributed by atoms with Crippen LogP contribution >= 0.6 is 0 Å². The van der Waals surface area contributed by atoms with Crippen molar-refractivity contribution in [3.63, 3.8) is 0 Å². The molecule has 0 fully saturated rings. The number of benzene rings is 1. The van der Waals surface area contributed by atoms with E-state index in [1.165, 1.54) is 25.1 Å². The Labute approximate surface area is 121 Å². The minimum atomic E-state index is -0.990. The van der Waals surface area contributed by atoms with E-state index in [0.29, 0.717) is 11.4 Å². The molecule has 0 bridgehead atoms. The van der Waals surface area contributed by atoms with E-state index in [4.69, 9.17) is 4.74 Å². The van der Waals surface area contributed by atoms with Gasteiger partial charge in [-0.2, -0.15) is 0 Å². The van der Waals surface area contributed by atoms with E-state index >= 15 is 0 Å². The van der Waals surface area contributed by atoms with Gasteiger partial charge >= 0.3 is 5.97 Å². The summed E-state index contributed by atoms with van der Waals surface area (Å²) in [6.45, 7) is 1.45. The predicted molar refractivity (Wildman–Crippen MR) is 75.3 cm³/mol. The van der Waals surface area contributed by atoms with Crippen LogP contribution in [-0.4, -0.2) is 22.5 Å². The molecule has 0 unspecified atom stereocenters. The van der Waals surface area contributed by atoms with Gasteiger partial charge in [0.1, 0.15) is 11.5 Å². The second-order valence-electron chi connectivity index (χ2n) is 4.55. The van der Waals surface area contributed by atoms with Crippen LogP contribution in [0.15, 0.2) is 42.6 Å². The standard InChI is InChI=1S/C15H15FN2O3/c1-10(21-15(20)13-7-4-8-18(13)2)14(19)17-12-6-3-5-11(16)9-12/h3-10H,1-2H3,(H,17,19)/t10-/m0/s1. The number of nitrogens with zero attached hydrogens (tertiary/aromatic N) is 1. The van der Waals surface area contributed by atoms with Crippen molar-refractivity contribution in [1.82, 2.24) is 4.57 Å². The van der Waals surface area contributed by atoms with Crippen LogP contribution in [-0.2, 0) is 16.6 Å². The number of rotatable bonds is 4. The van der Waals surface area contributed by atoms with Crippen LogP contribution in [0.25, 0.3) is 0 Å². The number of anilines is 1. The topological polar surface area (TPSA) is 60.3 Å². The van der Waals surface area contributed by atoms with Crippen molar-refractivity contribution in [2.24, 2.45) is 7.05 Å². The molecular weight excluding hydrogens is 275 g/mol. The van der Waals surface area contributed by atoms with Crippen LogP contribution in [0.1, 0.15) is 17.4 Å². The molecule has 21 heavy (non-hydrogen) atoms. The highest BCUT2D eigenvalue weighted by Crippen LogP contribution is 2.11. The van der Waals surface area contributed by atoms with Gasteiger partial charge in [0.05, 0.1) is 0 Å². The maximum Gasteiger partial charge on any atom is 0.355 e. The van der Waals surface area contributed by atoms with E-state index in [9.17, 15) is 14.0 Å². The molecule has 1 aromatic heterocycles. The summed E-state index contributed by atoms with van der Waals surface area (Å²) in [6.07, 6.45) is 0.712. The minimum Gasteiger partial charge on any atom is -0.448 e. The van der Waals surface area contributed by atoms with Crippen LogP contribution < -0.4 is 5.32 Å². The van der Waals surface area contributed by atoms with Crippen molar-refractivity contribution in [2.75, 3.05) is 5.32 Å². The zero-order chi connectivity index (χ0) is 15.4. The number of aromatic nitrogens is 1. The maximum absolute atomic E-state index is 13.0. The molecular formula is C15H15FN2O3. The molecule has 0 spiro atoms. The highest BCUT2D eigenvalue weighted by molar-refractivity contribution is 5.96. The number of carbonyl (C=O) groups excluding carboxylic acids is 2. The molecule has 2 aromatic rings. The van der Waals surface area contributed by atoms with Crippen molar-refractivity contribution in [3.05, 3.63) is 54.1 Å². The monoisotopic (exact) mass is 290 g/mol. The van der Waals surface area contributed by atoms with Gasteiger partial charge in [-0.15, -0.1) is 0 Å². The quantitative estimate of drug-likeness (QED) is 0.879. The summed E-state index contributed by atoms with van der Waals surface area (Å²) in [5.41, 5.74) is 0.655. The molecule has 0 aliphatic carbocycles. The molecule has 0 saturated heterocycles. The second kappa shape index (κ2) is 6.21. The number of amides is 1. The largest absolute Gasteiger partial charge is 0.448 e. The third-order valence-corrected chi connectivity index (χ3v) is 2.90. The van der Waals surface area contributed by atoms with E-state index < -0.39 is 23.8 Å². The fraction of sp³-hybridized carbons (Fsp3) is 0.200. The van der Waals surface area contributed by atoms with Gasteiger partial charge in [-0.25, -0.2) is 9.18 Å². The Kier molecular flexibility index (Phi) is 4.37. The van der Waals surface area contributed by atoms with Gasteiger partial charge in [0.25, 0.3) is 5.91 Å². The van der Waals surface area contributed by atoms with Crippen molar-refractivity contribution in [1.29, 1.82) is 0 Å². The van der Waals surface area contributed by atoms with Crippen LogP contribution in [0.4, 0.5) is 10.1 Å². The van der Waals surface area contributed by atoms with E-state index in [2.05, 4.69) is 5.32 Å². The smallest absolute Gasteiger partial charge is 0.355 e. The number of hydrogen-bond acceptors (Lipinski definition) is 3. The van der Waals surface area contributed by atoms with Crippen LogP contribution in [0.2, 0.25) is 0 Å². The number of halogens is 1. The van der Waals surface area contributed by atoms with Crippen LogP contribution in [0.5, 0.6) is 0 Å². The van der Waals surface area contributed by atoms with Gasteiger partial charge in [-0.1, -0.05) is 6.07 Å². The molecule has 1 amide bonds. The Morgan fingerprint density at radius 1 is 1.29 bits per heavy atom. The third kappa shape index (κ3) is 3.68. The Morgan fingerprint density at radius 3 is 2.67 bits per heavy atom. The molecule has 1 atom stereocenters.